The molecule has 0 bridgehead atoms. The van der Waals surface area contributed by atoms with Crippen LogP contribution in [0.2, 0.25) is 0 Å². The third kappa shape index (κ3) is 4.30. The van der Waals surface area contributed by atoms with Gasteiger partial charge in [0.25, 0.3) is 0 Å². The maximum Gasteiger partial charge on any atom is 0.130 e. The summed E-state index contributed by atoms with van der Waals surface area (Å²) in [5, 5.41) is 3.49. The van der Waals surface area contributed by atoms with Crippen molar-refractivity contribution >= 4 is 0 Å². The Labute approximate surface area is 109 Å². The van der Waals surface area contributed by atoms with Crippen molar-refractivity contribution in [1.82, 2.24) is 5.32 Å². The molecule has 0 unspecified atom stereocenters. The van der Waals surface area contributed by atoms with Crippen LogP contribution in [0.15, 0.2) is 18.2 Å². The monoisotopic (exact) mass is 251 g/mol. The van der Waals surface area contributed by atoms with Gasteiger partial charge < -0.3 is 10.1 Å². The predicted octanol–water partition coefficient (Wildman–Crippen LogP) is 3.30. The van der Waals surface area contributed by atoms with Gasteiger partial charge >= 0.3 is 0 Å². The van der Waals surface area contributed by atoms with E-state index in [-0.39, 0.29) is 5.82 Å². The molecule has 0 amide bonds. The number of halogens is 1. The van der Waals surface area contributed by atoms with Gasteiger partial charge in [-0.15, -0.1) is 0 Å². The maximum atomic E-state index is 13.6. The molecule has 0 aliphatic heterocycles. The number of hydrogen-bond acceptors (Lipinski definition) is 2. The molecule has 1 fully saturated rings. The fourth-order valence-electron chi connectivity index (χ4n) is 2.07. The standard InChI is InChI=1S/C15H22FNO/c1-18-14-9-6-12(15(16)11-14)5-3-2-4-10-17-13-7-8-13/h6,9,11,13,17H,2-5,7-8,10H2,1H3. The van der Waals surface area contributed by atoms with Crippen molar-refractivity contribution < 1.29 is 9.13 Å². The van der Waals surface area contributed by atoms with E-state index in [0.29, 0.717) is 5.75 Å². The average Bonchev–Trinajstić information content (AvgIpc) is 3.19. The predicted molar refractivity (Wildman–Crippen MR) is 71.5 cm³/mol. The van der Waals surface area contributed by atoms with Gasteiger partial charge in [-0.1, -0.05) is 12.5 Å². The second-order valence-corrected chi connectivity index (χ2v) is 5.00. The Morgan fingerprint density at radius 1 is 1.28 bits per heavy atom. The van der Waals surface area contributed by atoms with Gasteiger partial charge in [-0.3, -0.25) is 0 Å². The van der Waals surface area contributed by atoms with Crippen LogP contribution < -0.4 is 10.1 Å². The van der Waals surface area contributed by atoms with Gasteiger partial charge in [-0.25, -0.2) is 4.39 Å². The number of unbranched alkanes of at least 4 members (excludes halogenated alkanes) is 2. The molecule has 18 heavy (non-hydrogen) atoms. The zero-order valence-corrected chi connectivity index (χ0v) is 11.0. The van der Waals surface area contributed by atoms with Crippen LogP contribution in [0.25, 0.3) is 0 Å². The summed E-state index contributed by atoms with van der Waals surface area (Å²) in [6, 6.07) is 5.91. The number of benzene rings is 1. The molecule has 2 nitrogen and oxygen atoms in total. The summed E-state index contributed by atoms with van der Waals surface area (Å²) in [6.07, 6.45) is 6.91. The van der Waals surface area contributed by atoms with Crippen molar-refractivity contribution in [2.75, 3.05) is 13.7 Å². The average molecular weight is 251 g/mol. The summed E-state index contributed by atoms with van der Waals surface area (Å²) >= 11 is 0. The molecule has 2 rings (SSSR count). The minimum atomic E-state index is -0.148. The van der Waals surface area contributed by atoms with Crippen molar-refractivity contribution in [1.29, 1.82) is 0 Å². The number of methoxy groups -OCH3 is 1. The van der Waals surface area contributed by atoms with Crippen LogP contribution in [0.3, 0.4) is 0 Å². The van der Waals surface area contributed by atoms with Crippen LogP contribution in [-0.4, -0.2) is 19.7 Å². The van der Waals surface area contributed by atoms with E-state index in [2.05, 4.69) is 5.32 Å². The zero-order chi connectivity index (χ0) is 12.8. The lowest BCUT2D eigenvalue weighted by Crippen LogP contribution is -2.17. The highest BCUT2D eigenvalue weighted by molar-refractivity contribution is 5.28. The largest absolute Gasteiger partial charge is 0.497 e. The lowest BCUT2D eigenvalue weighted by molar-refractivity contribution is 0.410. The smallest absolute Gasteiger partial charge is 0.130 e. The Bertz CT molecular complexity index is 377. The summed E-state index contributed by atoms with van der Waals surface area (Å²) < 4.78 is 18.6. The Hall–Kier alpha value is -1.09. The highest BCUT2D eigenvalue weighted by atomic mass is 19.1. The van der Waals surface area contributed by atoms with Crippen molar-refractivity contribution in [2.45, 2.75) is 44.6 Å². The molecule has 3 heteroatoms. The topological polar surface area (TPSA) is 21.3 Å². The molecule has 1 aromatic rings. The number of ether oxygens (including phenoxy) is 1. The molecule has 0 atom stereocenters. The molecule has 1 aromatic carbocycles. The van der Waals surface area contributed by atoms with Crippen LogP contribution in [0.5, 0.6) is 5.75 Å². The molecule has 0 heterocycles. The highest BCUT2D eigenvalue weighted by Crippen LogP contribution is 2.19. The van der Waals surface area contributed by atoms with Crippen molar-refractivity contribution in [2.24, 2.45) is 0 Å². The normalized spacial score (nSPS) is 14.8. The molecule has 1 saturated carbocycles. The molecular weight excluding hydrogens is 229 g/mol. The van der Waals surface area contributed by atoms with E-state index in [1.165, 1.54) is 25.3 Å². The Morgan fingerprint density at radius 2 is 2.11 bits per heavy atom. The van der Waals surface area contributed by atoms with E-state index in [1.807, 2.05) is 12.1 Å². The van der Waals surface area contributed by atoms with E-state index >= 15 is 0 Å². The first-order valence-corrected chi connectivity index (χ1v) is 6.85. The second-order valence-electron chi connectivity index (χ2n) is 5.00. The summed E-state index contributed by atoms with van der Waals surface area (Å²) in [4.78, 5) is 0. The summed E-state index contributed by atoms with van der Waals surface area (Å²) in [7, 11) is 1.56. The molecule has 1 N–H and O–H groups in total. The van der Waals surface area contributed by atoms with E-state index in [4.69, 9.17) is 4.74 Å². The van der Waals surface area contributed by atoms with Crippen molar-refractivity contribution in [3.63, 3.8) is 0 Å². The van der Waals surface area contributed by atoms with Crippen molar-refractivity contribution in [3.05, 3.63) is 29.6 Å². The van der Waals surface area contributed by atoms with Gasteiger partial charge in [0.15, 0.2) is 0 Å². The van der Waals surface area contributed by atoms with Crippen LogP contribution in [0.4, 0.5) is 4.39 Å². The van der Waals surface area contributed by atoms with E-state index in [0.717, 1.165) is 37.4 Å². The van der Waals surface area contributed by atoms with Crippen LogP contribution in [-0.2, 0) is 6.42 Å². The van der Waals surface area contributed by atoms with Gasteiger partial charge in [-0.05, 0) is 50.3 Å². The fourth-order valence-corrected chi connectivity index (χ4v) is 2.07. The molecule has 0 radical (unpaired) electrons. The summed E-state index contributed by atoms with van der Waals surface area (Å²) in [5.74, 6) is 0.440. The lowest BCUT2D eigenvalue weighted by Gasteiger charge is -2.06. The van der Waals surface area contributed by atoms with Gasteiger partial charge in [-0.2, -0.15) is 0 Å². The number of aryl methyl sites for hydroxylation is 1. The van der Waals surface area contributed by atoms with Gasteiger partial charge in [0.05, 0.1) is 7.11 Å². The third-order valence-electron chi connectivity index (χ3n) is 3.39. The Kier molecular flexibility index (Phi) is 5.00. The fraction of sp³-hybridized carbons (Fsp3) is 0.600. The van der Waals surface area contributed by atoms with Crippen LogP contribution in [0, 0.1) is 5.82 Å². The Morgan fingerprint density at radius 3 is 2.78 bits per heavy atom. The van der Waals surface area contributed by atoms with Crippen LogP contribution >= 0.6 is 0 Å². The molecule has 0 aromatic heterocycles. The number of nitrogens with one attached hydrogen (secondary N) is 1. The SMILES string of the molecule is COc1ccc(CCCCCNC2CC2)c(F)c1. The van der Waals surface area contributed by atoms with E-state index in [1.54, 1.807) is 7.11 Å². The zero-order valence-electron chi connectivity index (χ0n) is 11.0. The molecule has 100 valence electrons. The van der Waals surface area contributed by atoms with Crippen molar-refractivity contribution in [3.8, 4) is 5.75 Å². The first-order chi connectivity index (χ1) is 8.79. The molecule has 0 saturated heterocycles. The van der Waals surface area contributed by atoms with Gasteiger partial charge in [0.2, 0.25) is 0 Å². The number of hydrogen-bond donors (Lipinski definition) is 1. The quantitative estimate of drug-likeness (QED) is 0.716. The van der Waals surface area contributed by atoms with Gasteiger partial charge in [0, 0.05) is 12.1 Å². The minimum absolute atomic E-state index is 0.148. The summed E-state index contributed by atoms with van der Waals surface area (Å²) in [5.41, 5.74) is 0.797. The third-order valence-corrected chi connectivity index (χ3v) is 3.39. The summed E-state index contributed by atoms with van der Waals surface area (Å²) in [6.45, 7) is 1.11. The lowest BCUT2D eigenvalue weighted by atomic mass is 10.1. The maximum absolute atomic E-state index is 13.6. The minimum Gasteiger partial charge on any atom is -0.497 e. The van der Waals surface area contributed by atoms with Crippen LogP contribution in [0.1, 0.15) is 37.7 Å². The molecule has 1 aliphatic rings. The van der Waals surface area contributed by atoms with E-state index in [9.17, 15) is 4.39 Å². The van der Waals surface area contributed by atoms with E-state index < -0.39 is 0 Å². The van der Waals surface area contributed by atoms with Gasteiger partial charge in [0.1, 0.15) is 11.6 Å². The highest BCUT2D eigenvalue weighted by Gasteiger charge is 2.19. The molecule has 0 spiro atoms. The Balaban J connectivity index is 1.62. The molecular formula is C15H22FNO. The number of rotatable bonds is 8. The molecule has 1 aliphatic carbocycles. The first kappa shape index (κ1) is 13.3. The second kappa shape index (κ2) is 6.74. The first-order valence-electron chi connectivity index (χ1n) is 6.85.